The average molecular weight is 302 g/mol. The van der Waals surface area contributed by atoms with Crippen molar-refractivity contribution in [2.45, 2.75) is 45.3 Å². The smallest absolute Gasteiger partial charge is 0.326 e. The summed E-state index contributed by atoms with van der Waals surface area (Å²) in [6.07, 6.45) is -0.535. The molecule has 0 aromatic rings. The van der Waals surface area contributed by atoms with E-state index in [4.69, 9.17) is 16.6 Å². The Morgan fingerprint density at radius 2 is 1.57 bits per heavy atom. The fraction of sp³-hybridized carbons (Fsp3) is 0.667. The van der Waals surface area contributed by atoms with E-state index in [1.54, 1.807) is 13.8 Å². The third-order valence-corrected chi connectivity index (χ3v) is 2.68. The molecule has 0 radical (unpaired) electrons. The van der Waals surface area contributed by atoms with E-state index in [-0.39, 0.29) is 5.92 Å². The van der Waals surface area contributed by atoms with Gasteiger partial charge >= 0.3 is 5.97 Å². The van der Waals surface area contributed by atoms with Gasteiger partial charge in [-0.25, -0.2) is 4.79 Å². The molecule has 0 aromatic carbocycles. The van der Waals surface area contributed by atoms with Gasteiger partial charge in [0.05, 0.1) is 12.5 Å². The first-order valence-corrected chi connectivity index (χ1v) is 6.43. The van der Waals surface area contributed by atoms with Crippen LogP contribution < -0.4 is 22.1 Å². The Morgan fingerprint density at radius 3 is 1.90 bits per heavy atom. The minimum atomic E-state index is -1.44. The zero-order valence-corrected chi connectivity index (χ0v) is 12.3. The highest BCUT2D eigenvalue weighted by molar-refractivity contribution is 5.93. The number of aliphatic carboxylic acids is 1. The largest absolute Gasteiger partial charge is 0.480 e. The van der Waals surface area contributed by atoms with Crippen molar-refractivity contribution in [2.24, 2.45) is 17.4 Å². The molecule has 120 valence electrons. The Kier molecular flexibility index (Phi) is 7.36. The van der Waals surface area contributed by atoms with E-state index in [1.165, 1.54) is 6.92 Å². The van der Waals surface area contributed by atoms with Crippen LogP contribution in [0.4, 0.5) is 0 Å². The number of primary amides is 1. The summed E-state index contributed by atoms with van der Waals surface area (Å²) >= 11 is 0. The number of carbonyl (C=O) groups excluding carboxylic acids is 3. The van der Waals surface area contributed by atoms with Gasteiger partial charge in [-0.3, -0.25) is 14.4 Å². The maximum absolute atomic E-state index is 12.1. The van der Waals surface area contributed by atoms with E-state index in [1.807, 2.05) is 0 Å². The molecule has 0 rings (SSSR count). The van der Waals surface area contributed by atoms with Crippen LogP contribution in [0.15, 0.2) is 0 Å². The van der Waals surface area contributed by atoms with Gasteiger partial charge in [-0.15, -0.1) is 0 Å². The summed E-state index contributed by atoms with van der Waals surface area (Å²) in [6.45, 7) is 4.81. The van der Waals surface area contributed by atoms with Crippen molar-refractivity contribution in [3.63, 3.8) is 0 Å². The van der Waals surface area contributed by atoms with E-state index < -0.39 is 48.2 Å². The highest BCUT2D eigenvalue weighted by atomic mass is 16.4. The highest BCUT2D eigenvalue weighted by Crippen LogP contribution is 2.04. The molecule has 21 heavy (non-hydrogen) atoms. The number of hydrogen-bond acceptors (Lipinski definition) is 5. The topological polar surface area (TPSA) is 165 Å². The van der Waals surface area contributed by atoms with Gasteiger partial charge in [-0.1, -0.05) is 13.8 Å². The first-order chi connectivity index (χ1) is 9.56. The average Bonchev–Trinajstić information content (AvgIpc) is 2.33. The fourth-order valence-electron chi connectivity index (χ4n) is 1.48. The van der Waals surface area contributed by atoms with Gasteiger partial charge in [0.15, 0.2) is 0 Å². The molecule has 0 fully saturated rings. The number of nitrogens with two attached hydrogens (primary N) is 2. The SMILES string of the molecule is CC(C)[C@H](NC(=O)[C@H](C)N)C(=O)N[C@H](CC(N)=O)C(=O)O. The predicted octanol–water partition coefficient (Wildman–Crippen LogP) is -2.08. The van der Waals surface area contributed by atoms with Crippen molar-refractivity contribution >= 4 is 23.7 Å². The molecule has 9 heteroatoms. The molecule has 3 atom stereocenters. The van der Waals surface area contributed by atoms with E-state index in [2.05, 4.69) is 10.6 Å². The minimum absolute atomic E-state index is 0.296. The number of carbonyl (C=O) groups is 4. The molecule has 0 saturated heterocycles. The van der Waals surface area contributed by atoms with Gasteiger partial charge in [-0.05, 0) is 12.8 Å². The van der Waals surface area contributed by atoms with Crippen molar-refractivity contribution in [1.29, 1.82) is 0 Å². The zero-order chi connectivity index (χ0) is 16.7. The summed E-state index contributed by atoms with van der Waals surface area (Å²) in [6, 6.07) is -3.21. The molecule has 0 bridgehead atoms. The van der Waals surface area contributed by atoms with Gasteiger partial charge in [0.25, 0.3) is 0 Å². The number of carboxylic acid groups (broad SMARTS) is 1. The van der Waals surface area contributed by atoms with E-state index in [9.17, 15) is 19.2 Å². The molecule has 0 aliphatic rings. The van der Waals surface area contributed by atoms with Crippen LogP contribution in [0, 0.1) is 5.92 Å². The maximum atomic E-state index is 12.1. The van der Waals surface area contributed by atoms with Crippen LogP contribution in [-0.2, 0) is 19.2 Å². The van der Waals surface area contributed by atoms with Crippen molar-refractivity contribution in [1.82, 2.24) is 10.6 Å². The zero-order valence-electron chi connectivity index (χ0n) is 12.3. The quantitative estimate of drug-likeness (QED) is 0.345. The molecule has 0 aliphatic carbocycles. The van der Waals surface area contributed by atoms with Crippen LogP contribution in [0.5, 0.6) is 0 Å². The van der Waals surface area contributed by atoms with Crippen molar-refractivity contribution < 1.29 is 24.3 Å². The summed E-state index contributed by atoms with van der Waals surface area (Å²) in [4.78, 5) is 45.4. The minimum Gasteiger partial charge on any atom is -0.480 e. The fourth-order valence-corrected chi connectivity index (χ4v) is 1.48. The van der Waals surface area contributed by atoms with E-state index >= 15 is 0 Å². The number of hydrogen-bond donors (Lipinski definition) is 5. The Bertz CT molecular complexity index is 422. The summed E-state index contributed by atoms with van der Waals surface area (Å²) in [7, 11) is 0. The third-order valence-electron chi connectivity index (χ3n) is 2.68. The molecular formula is C12H22N4O5. The van der Waals surface area contributed by atoms with E-state index in [0.717, 1.165) is 0 Å². The first-order valence-electron chi connectivity index (χ1n) is 6.43. The molecule has 0 aromatic heterocycles. The van der Waals surface area contributed by atoms with Crippen LogP contribution >= 0.6 is 0 Å². The summed E-state index contributed by atoms with van der Waals surface area (Å²) in [5.41, 5.74) is 10.3. The second-order valence-electron chi connectivity index (χ2n) is 5.09. The molecular weight excluding hydrogens is 280 g/mol. The Morgan fingerprint density at radius 1 is 1.05 bits per heavy atom. The Hall–Kier alpha value is -2.16. The van der Waals surface area contributed by atoms with Gasteiger partial charge in [0.1, 0.15) is 12.1 Å². The summed E-state index contributed by atoms with van der Waals surface area (Å²) in [5, 5.41) is 13.5. The molecule has 0 spiro atoms. The van der Waals surface area contributed by atoms with Gasteiger partial charge in [0.2, 0.25) is 17.7 Å². The standard InChI is InChI=1S/C12H22N4O5/c1-5(2)9(16-10(18)6(3)13)11(19)15-7(12(20)21)4-8(14)17/h5-7,9H,4,13H2,1-3H3,(H2,14,17)(H,15,19)(H,16,18)(H,20,21)/t6-,7+,9-/m0/s1. The normalized spacial score (nSPS) is 14.9. The van der Waals surface area contributed by atoms with Crippen molar-refractivity contribution in [2.75, 3.05) is 0 Å². The summed E-state index contributed by atoms with van der Waals surface area (Å²) < 4.78 is 0. The maximum Gasteiger partial charge on any atom is 0.326 e. The van der Waals surface area contributed by atoms with Crippen LogP contribution in [0.1, 0.15) is 27.2 Å². The second kappa shape index (κ2) is 8.20. The molecule has 3 amide bonds. The second-order valence-corrected chi connectivity index (χ2v) is 5.09. The van der Waals surface area contributed by atoms with E-state index in [0.29, 0.717) is 0 Å². The molecule has 7 N–H and O–H groups in total. The van der Waals surface area contributed by atoms with Crippen LogP contribution in [0.3, 0.4) is 0 Å². The summed E-state index contributed by atoms with van der Waals surface area (Å²) in [5.74, 6) is -3.79. The van der Waals surface area contributed by atoms with Crippen LogP contribution in [-0.4, -0.2) is 46.9 Å². The third kappa shape index (κ3) is 6.70. The molecule has 0 aliphatic heterocycles. The lowest BCUT2D eigenvalue weighted by molar-refractivity contribution is -0.144. The monoisotopic (exact) mass is 302 g/mol. The van der Waals surface area contributed by atoms with Gasteiger partial charge < -0.3 is 27.2 Å². The molecule has 9 nitrogen and oxygen atoms in total. The molecule has 0 heterocycles. The Balaban J connectivity index is 4.92. The number of carboxylic acids is 1. The lowest BCUT2D eigenvalue weighted by Crippen LogP contribution is -2.56. The van der Waals surface area contributed by atoms with Crippen molar-refractivity contribution in [3.8, 4) is 0 Å². The van der Waals surface area contributed by atoms with Gasteiger partial charge in [-0.2, -0.15) is 0 Å². The van der Waals surface area contributed by atoms with Gasteiger partial charge in [0, 0.05) is 0 Å². The lowest BCUT2D eigenvalue weighted by atomic mass is 10.0. The van der Waals surface area contributed by atoms with Crippen LogP contribution in [0.2, 0.25) is 0 Å². The molecule has 0 saturated carbocycles. The first kappa shape index (κ1) is 18.8. The number of rotatable bonds is 8. The van der Waals surface area contributed by atoms with Crippen LogP contribution in [0.25, 0.3) is 0 Å². The number of nitrogens with one attached hydrogen (secondary N) is 2. The predicted molar refractivity (Wildman–Crippen MR) is 73.8 cm³/mol. The Labute approximate surface area is 122 Å². The van der Waals surface area contributed by atoms with Crippen molar-refractivity contribution in [3.05, 3.63) is 0 Å². The highest BCUT2D eigenvalue weighted by Gasteiger charge is 2.29. The molecule has 0 unspecified atom stereocenters. The number of amides is 3. The lowest BCUT2D eigenvalue weighted by Gasteiger charge is -2.24.